The molecule has 0 aliphatic heterocycles. The lowest BCUT2D eigenvalue weighted by atomic mass is 10.3. The smallest absolute Gasteiger partial charge is 0.234 e. The predicted molar refractivity (Wildman–Crippen MR) is 64.2 cm³/mol. The summed E-state index contributed by atoms with van der Waals surface area (Å²) in [6.45, 7) is 2.29. The van der Waals surface area contributed by atoms with E-state index < -0.39 is 0 Å². The van der Waals surface area contributed by atoms with Crippen molar-refractivity contribution in [2.45, 2.75) is 18.7 Å². The zero-order chi connectivity index (χ0) is 12.1. The number of alkyl halides is 1. The minimum absolute atomic E-state index is 0.258. The first kappa shape index (κ1) is 11.9. The standard InChI is InChI=1S/C12H13ClN2O2/c1-9(13)12-15-14-11(17-12)7-8-16-10-5-3-2-4-6-10/h2-6,9H,7-8H2,1H3. The van der Waals surface area contributed by atoms with Crippen LogP contribution in [0.4, 0.5) is 0 Å². The number of halogens is 1. The van der Waals surface area contributed by atoms with Crippen molar-refractivity contribution in [3.05, 3.63) is 42.1 Å². The van der Waals surface area contributed by atoms with Gasteiger partial charge in [-0.2, -0.15) is 0 Å². The molecule has 4 nitrogen and oxygen atoms in total. The maximum atomic E-state index is 5.82. The van der Waals surface area contributed by atoms with Gasteiger partial charge in [0, 0.05) is 0 Å². The van der Waals surface area contributed by atoms with E-state index in [-0.39, 0.29) is 5.38 Å². The molecule has 1 aromatic carbocycles. The molecular formula is C12H13ClN2O2. The van der Waals surface area contributed by atoms with Gasteiger partial charge in [-0.1, -0.05) is 18.2 Å². The monoisotopic (exact) mass is 252 g/mol. The van der Waals surface area contributed by atoms with Gasteiger partial charge in [-0.05, 0) is 19.1 Å². The van der Waals surface area contributed by atoms with Crippen molar-refractivity contribution < 1.29 is 9.15 Å². The largest absolute Gasteiger partial charge is 0.493 e. The van der Waals surface area contributed by atoms with Gasteiger partial charge in [0.25, 0.3) is 0 Å². The summed E-state index contributed by atoms with van der Waals surface area (Å²) in [6, 6.07) is 9.60. The fourth-order valence-electron chi connectivity index (χ4n) is 1.30. The van der Waals surface area contributed by atoms with Crippen molar-refractivity contribution in [1.82, 2.24) is 10.2 Å². The van der Waals surface area contributed by atoms with E-state index in [0.717, 1.165) is 5.75 Å². The van der Waals surface area contributed by atoms with Crippen LogP contribution in [-0.2, 0) is 6.42 Å². The van der Waals surface area contributed by atoms with Gasteiger partial charge in [-0.25, -0.2) is 0 Å². The van der Waals surface area contributed by atoms with E-state index in [2.05, 4.69) is 10.2 Å². The van der Waals surface area contributed by atoms with Gasteiger partial charge in [0.15, 0.2) is 0 Å². The lowest BCUT2D eigenvalue weighted by molar-refractivity contribution is 0.303. The van der Waals surface area contributed by atoms with Crippen LogP contribution in [-0.4, -0.2) is 16.8 Å². The molecule has 0 saturated carbocycles. The van der Waals surface area contributed by atoms with Crippen LogP contribution in [0.25, 0.3) is 0 Å². The molecule has 17 heavy (non-hydrogen) atoms. The first-order chi connectivity index (χ1) is 8.25. The molecule has 1 aromatic heterocycles. The van der Waals surface area contributed by atoms with Gasteiger partial charge < -0.3 is 9.15 Å². The Hall–Kier alpha value is -1.55. The second kappa shape index (κ2) is 5.68. The Morgan fingerprint density at radius 2 is 2.06 bits per heavy atom. The average molecular weight is 253 g/mol. The van der Waals surface area contributed by atoms with Crippen molar-refractivity contribution in [2.24, 2.45) is 0 Å². The van der Waals surface area contributed by atoms with E-state index in [0.29, 0.717) is 24.8 Å². The van der Waals surface area contributed by atoms with Crippen molar-refractivity contribution >= 4 is 11.6 Å². The van der Waals surface area contributed by atoms with Gasteiger partial charge in [0.1, 0.15) is 11.1 Å². The van der Waals surface area contributed by atoms with Crippen LogP contribution in [0, 0.1) is 0 Å². The highest BCUT2D eigenvalue weighted by Gasteiger charge is 2.10. The summed E-state index contributed by atoms with van der Waals surface area (Å²) in [6.07, 6.45) is 0.575. The fraction of sp³-hybridized carbons (Fsp3) is 0.333. The SMILES string of the molecule is CC(Cl)c1nnc(CCOc2ccccc2)o1. The van der Waals surface area contributed by atoms with Crippen LogP contribution in [0.3, 0.4) is 0 Å². The first-order valence-electron chi connectivity index (χ1n) is 5.40. The molecule has 0 spiro atoms. The van der Waals surface area contributed by atoms with E-state index in [1.807, 2.05) is 30.3 Å². The van der Waals surface area contributed by atoms with E-state index in [1.54, 1.807) is 6.92 Å². The van der Waals surface area contributed by atoms with Gasteiger partial charge in [-0.15, -0.1) is 21.8 Å². The Balaban J connectivity index is 1.82. The molecule has 1 atom stereocenters. The molecule has 0 N–H and O–H groups in total. The van der Waals surface area contributed by atoms with Crippen LogP contribution >= 0.6 is 11.6 Å². The zero-order valence-corrected chi connectivity index (χ0v) is 10.2. The Bertz CT molecular complexity index is 457. The maximum Gasteiger partial charge on any atom is 0.234 e. The highest BCUT2D eigenvalue weighted by molar-refractivity contribution is 6.20. The summed E-state index contributed by atoms with van der Waals surface area (Å²) in [4.78, 5) is 0. The summed E-state index contributed by atoms with van der Waals surface area (Å²) < 4.78 is 10.9. The number of hydrogen-bond donors (Lipinski definition) is 0. The van der Waals surface area contributed by atoms with Crippen molar-refractivity contribution in [1.29, 1.82) is 0 Å². The lowest BCUT2D eigenvalue weighted by Gasteiger charge is -2.03. The minimum Gasteiger partial charge on any atom is -0.493 e. The molecule has 2 rings (SSSR count). The van der Waals surface area contributed by atoms with Crippen LogP contribution < -0.4 is 4.74 Å². The third-order valence-corrected chi connectivity index (χ3v) is 2.34. The molecule has 0 radical (unpaired) electrons. The van der Waals surface area contributed by atoms with Crippen molar-refractivity contribution in [2.75, 3.05) is 6.61 Å². The number of para-hydroxylation sites is 1. The molecule has 0 fully saturated rings. The quantitative estimate of drug-likeness (QED) is 0.768. The highest BCUT2D eigenvalue weighted by atomic mass is 35.5. The summed E-state index contributed by atoms with van der Waals surface area (Å²) >= 11 is 5.82. The molecule has 1 unspecified atom stereocenters. The van der Waals surface area contributed by atoms with E-state index in [4.69, 9.17) is 20.8 Å². The Morgan fingerprint density at radius 1 is 1.29 bits per heavy atom. The third kappa shape index (κ3) is 3.46. The number of aromatic nitrogens is 2. The lowest BCUT2D eigenvalue weighted by Crippen LogP contribution is -2.01. The van der Waals surface area contributed by atoms with Crippen LogP contribution in [0.2, 0.25) is 0 Å². The van der Waals surface area contributed by atoms with Gasteiger partial charge in [0.2, 0.25) is 11.8 Å². The van der Waals surface area contributed by atoms with Crippen LogP contribution in [0.1, 0.15) is 24.1 Å². The van der Waals surface area contributed by atoms with Gasteiger partial charge in [-0.3, -0.25) is 0 Å². The normalized spacial score (nSPS) is 12.4. The molecule has 0 bridgehead atoms. The Labute approximate surface area is 105 Å². The molecule has 5 heteroatoms. The predicted octanol–water partition coefficient (Wildman–Crippen LogP) is 2.99. The highest BCUT2D eigenvalue weighted by Crippen LogP contribution is 2.17. The molecule has 1 heterocycles. The van der Waals surface area contributed by atoms with Crippen molar-refractivity contribution in [3.8, 4) is 5.75 Å². The summed E-state index contributed by atoms with van der Waals surface area (Å²) in [5.74, 6) is 1.82. The number of nitrogens with zero attached hydrogens (tertiary/aromatic N) is 2. The molecule has 0 saturated heterocycles. The molecule has 0 aliphatic rings. The number of benzene rings is 1. The topological polar surface area (TPSA) is 48.2 Å². The zero-order valence-electron chi connectivity index (χ0n) is 9.47. The minimum atomic E-state index is -0.258. The number of ether oxygens (including phenoxy) is 1. The molecule has 0 amide bonds. The molecule has 0 aliphatic carbocycles. The summed E-state index contributed by atoms with van der Waals surface area (Å²) in [5, 5.41) is 7.47. The number of rotatable bonds is 5. The summed E-state index contributed by atoms with van der Waals surface area (Å²) in [7, 11) is 0. The first-order valence-corrected chi connectivity index (χ1v) is 5.83. The fourth-order valence-corrected chi connectivity index (χ4v) is 1.39. The van der Waals surface area contributed by atoms with E-state index in [1.165, 1.54) is 0 Å². The maximum absolute atomic E-state index is 5.82. The van der Waals surface area contributed by atoms with Gasteiger partial charge in [0.05, 0.1) is 13.0 Å². The molecule has 2 aromatic rings. The van der Waals surface area contributed by atoms with Crippen LogP contribution in [0.5, 0.6) is 5.75 Å². The molecular weight excluding hydrogens is 240 g/mol. The molecule has 90 valence electrons. The second-order valence-electron chi connectivity index (χ2n) is 3.56. The average Bonchev–Trinajstić information content (AvgIpc) is 2.79. The second-order valence-corrected chi connectivity index (χ2v) is 4.22. The van der Waals surface area contributed by atoms with Gasteiger partial charge >= 0.3 is 0 Å². The van der Waals surface area contributed by atoms with Crippen LogP contribution in [0.15, 0.2) is 34.7 Å². The van der Waals surface area contributed by atoms with Crippen molar-refractivity contribution in [3.63, 3.8) is 0 Å². The summed E-state index contributed by atoms with van der Waals surface area (Å²) in [5.41, 5.74) is 0. The Morgan fingerprint density at radius 3 is 2.71 bits per heavy atom. The number of hydrogen-bond acceptors (Lipinski definition) is 4. The van der Waals surface area contributed by atoms with E-state index in [9.17, 15) is 0 Å². The Kier molecular flexibility index (Phi) is 3.98. The van der Waals surface area contributed by atoms with E-state index >= 15 is 0 Å². The third-order valence-electron chi connectivity index (χ3n) is 2.15.